The van der Waals surface area contributed by atoms with Crippen LogP contribution in [0.3, 0.4) is 0 Å². The van der Waals surface area contributed by atoms with E-state index in [0.717, 1.165) is 16.5 Å². The number of rotatable bonds is 2. The van der Waals surface area contributed by atoms with Gasteiger partial charge in [0, 0.05) is 17.0 Å². The molecule has 8 heteroatoms. The molecule has 0 saturated heterocycles. The van der Waals surface area contributed by atoms with Gasteiger partial charge in [0.25, 0.3) is 5.91 Å². The quantitative estimate of drug-likeness (QED) is 0.766. The minimum Gasteiger partial charge on any atom is -0.269 e. The van der Waals surface area contributed by atoms with Gasteiger partial charge in [-0.2, -0.15) is 10.4 Å². The number of hydrogen-bond acceptors (Lipinski definition) is 5. The van der Waals surface area contributed by atoms with E-state index in [-0.39, 0.29) is 0 Å². The van der Waals surface area contributed by atoms with E-state index in [0.29, 0.717) is 16.4 Å². The molecule has 0 spiro atoms. The van der Waals surface area contributed by atoms with Gasteiger partial charge >= 0.3 is 0 Å². The first-order valence-electron chi connectivity index (χ1n) is 6.95. The minimum atomic E-state index is -1.61. The molecular formula is C16H9N5O2S. The molecule has 3 heterocycles. The molecule has 3 aromatic rings. The molecule has 0 bridgehead atoms. The number of carbonyl (C=O) groups is 1. The van der Waals surface area contributed by atoms with Gasteiger partial charge in [-0.1, -0.05) is 12.1 Å². The Bertz CT molecular complexity index is 1090. The number of amides is 1. The second-order valence-corrected chi connectivity index (χ2v) is 6.23. The van der Waals surface area contributed by atoms with Gasteiger partial charge in [-0.3, -0.25) is 9.52 Å². The maximum absolute atomic E-state index is 11.9. The number of hydrogen-bond donors (Lipinski definition) is 1. The third-order valence-electron chi connectivity index (χ3n) is 3.57. The Balaban J connectivity index is 1.81. The molecule has 116 valence electrons. The average molecular weight is 335 g/mol. The second kappa shape index (κ2) is 5.40. The predicted molar refractivity (Wildman–Crippen MR) is 88.2 cm³/mol. The maximum Gasteiger partial charge on any atom is 0.258 e. The van der Waals surface area contributed by atoms with Crippen LogP contribution in [0.5, 0.6) is 0 Å². The van der Waals surface area contributed by atoms with Gasteiger partial charge in [-0.05, 0) is 24.3 Å². The molecule has 7 nitrogen and oxygen atoms in total. The molecule has 1 aliphatic rings. The van der Waals surface area contributed by atoms with Crippen molar-refractivity contribution in [3.05, 3.63) is 54.4 Å². The molecule has 1 unspecified atom stereocenters. The lowest BCUT2D eigenvalue weighted by molar-refractivity contribution is -0.114. The van der Waals surface area contributed by atoms with Crippen LogP contribution in [0.25, 0.3) is 27.2 Å². The molecule has 0 fully saturated rings. The standard InChI is InChI=1S/C16H9N5O2S/c17-8-12-2-1-3-13(19-12)10-4-5-14-11(6-10)9-18-21(14)16-7-15(22)20-24(16)23/h1-7,9H,(H,20,22). The van der Waals surface area contributed by atoms with Crippen molar-refractivity contribution < 1.29 is 9.00 Å². The number of aromatic nitrogens is 3. The zero-order valence-electron chi connectivity index (χ0n) is 12.1. The van der Waals surface area contributed by atoms with Crippen molar-refractivity contribution in [2.45, 2.75) is 0 Å². The Hall–Kier alpha value is -3.31. The van der Waals surface area contributed by atoms with E-state index >= 15 is 0 Å². The summed E-state index contributed by atoms with van der Waals surface area (Å²) in [6, 6.07) is 12.8. The zero-order valence-corrected chi connectivity index (χ0v) is 12.9. The molecule has 1 aliphatic heterocycles. The minimum absolute atomic E-state index is 0.298. The molecule has 1 atom stereocenters. The van der Waals surface area contributed by atoms with E-state index < -0.39 is 16.9 Å². The SMILES string of the molecule is N#Cc1cccc(-c2ccc3c(cnn3C3=CC(=O)NS3=O)c2)n1. The van der Waals surface area contributed by atoms with Crippen LogP contribution >= 0.6 is 0 Å². The molecule has 1 N–H and O–H groups in total. The Labute approximate surface area is 138 Å². The fourth-order valence-electron chi connectivity index (χ4n) is 2.50. The molecule has 0 saturated carbocycles. The number of nitrogens with zero attached hydrogens (tertiary/aromatic N) is 4. The monoisotopic (exact) mass is 335 g/mol. The first-order valence-corrected chi connectivity index (χ1v) is 8.10. The van der Waals surface area contributed by atoms with E-state index in [2.05, 4.69) is 14.8 Å². The molecule has 24 heavy (non-hydrogen) atoms. The zero-order chi connectivity index (χ0) is 16.7. The van der Waals surface area contributed by atoms with Crippen molar-refractivity contribution in [3.8, 4) is 17.3 Å². The van der Waals surface area contributed by atoms with Gasteiger partial charge in [0.05, 0.1) is 17.4 Å². The van der Waals surface area contributed by atoms with Crippen molar-refractivity contribution in [2.75, 3.05) is 0 Å². The number of carbonyl (C=O) groups excluding carboxylic acids is 1. The summed E-state index contributed by atoms with van der Waals surface area (Å²) >= 11 is 0. The van der Waals surface area contributed by atoms with Crippen LogP contribution in [-0.4, -0.2) is 24.9 Å². The van der Waals surface area contributed by atoms with Crippen LogP contribution in [0.1, 0.15) is 5.69 Å². The topological polar surface area (TPSA) is 101 Å². The van der Waals surface area contributed by atoms with Crippen LogP contribution in [0, 0.1) is 11.3 Å². The number of benzene rings is 1. The summed E-state index contributed by atoms with van der Waals surface area (Å²) in [6.07, 6.45) is 2.90. The van der Waals surface area contributed by atoms with Crippen LogP contribution in [-0.2, 0) is 15.8 Å². The van der Waals surface area contributed by atoms with Gasteiger partial charge in [-0.25, -0.2) is 13.9 Å². The summed E-state index contributed by atoms with van der Waals surface area (Å²) in [5.41, 5.74) is 2.60. The lowest BCUT2D eigenvalue weighted by Gasteiger charge is -2.04. The lowest BCUT2D eigenvalue weighted by atomic mass is 10.1. The van der Waals surface area contributed by atoms with Gasteiger partial charge < -0.3 is 0 Å². The van der Waals surface area contributed by atoms with E-state index in [1.165, 1.54) is 10.8 Å². The molecule has 1 aromatic carbocycles. The van der Waals surface area contributed by atoms with Crippen LogP contribution in [0.15, 0.2) is 48.7 Å². The lowest BCUT2D eigenvalue weighted by Crippen LogP contribution is -2.17. The summed E-state index contributed by atoms with van der Waals surface area (Å²) < 4.78 is 15.7. The second-order valence-electron chi connectivity index (χ2n) is 5.07. The number of nitriles is 1. The van der Waals surface area contributed by atoms with E-state index in [1.807, 2.05) is 30.3 Å². The summed E-state index contributed by atoms with van der Waals surface area (Å²) in [4.78, 5) is 15.6. The fourth-order valence-corrected chi connectivity index (χ4v) is 3.37. The van der Waals surface area contributed by atoms with E-state index in [9.17, 15) is 9.00 Å². The predicted octanol–water partition coefficient (Wildman–Crippen LogP) is 1.56. The fraction of sp³-hybridized carbons (Fsp3) is 0. The van der Waals surface area contributed by atoms with Gasteiger partial charge in [0.15, 0.2) is 16.0 Å². The molecule has 0 radical (unpaired) electrons. The van der Waals surface area contributed by atoms with E-state index in [1.54, 1.807) is 18.3 Å². The summed E-state index contributed by atoms with van der Waals surface area (Å²) in [5.74, 6) is -0.402. The summed E-state index contributed by atoms with van der Waals surface area (Å²) in [5, 5.41) is 14.3. The number of fused-ring (bicyclic) bond motifs is 1. The van der Waals surface area contributed by atoms with Crippen LogP contribution < -0.4 is 4.72 Å². The molecule has 1 amide bonds. The van der Waals surface area contributed by atoms with E-state index in [4.69, 9.17) is 5.26 Å². The van der Waals surface area contributed by atoms with Gasteiger partial charge in [0.1, 0.15) is 11.8 Å². The molecule has 0 aliphatic carbocycles. The van der Waals surface area contributed by atoms with Crippen molar-refractivity contribution in [1.29, 1.82) is 5.26 Å². The highest BCUT2D eigenvalue weighted by Gasteiger charge is 2.23. The Morgan fingerprint density at radius 1 is 1.25 bits per heavy atom. The normalized spacial score (nSPS) is 16.7. The Morgan fingerprint density at radius 3 is 2.88 bits per heavy atom. The van der Waals surface area contributed by atoms with Gasteiger partial charge in [-0.15, -0.1) is 0 Å². The van der Waals surface area contributed by atoms with Gasteiger partial charge in [0.2, 0.25) is 0 Å². The highest BCUT2D eigenvalue weighted by atomic mass is 32.2. The highest BCUT2D eigenvalue weighted by Crippen LogP contribution is 2.26. The average Bonchev–Trinajstić information content (AvgIpc) is 3.16. The first-order chi connectivity index (χ1) is 11.7. The molecular weight excluding hydrogens is 326 g/mol. The summed E-state index contributed by atoms with van der Waals surface area (Å²) in [7, 11) is -1.61. The van der Waals surface area contributed by atoms with Crippen LogP contribution in [0.4, 0.5) is 0 Å². The van der Waals surface area contributed by atoms with Crippen molar-refractivity contribution in [1.82, 2.24) is 19.5 Å². The largest absolute Gasteiger partial charge is 0.269 e. The third kappa shape index (κ3) is 2.28. The van der Waals surface area contributed by atoms with Crippen molar-refractivity contribution in [2.24, 2.45) is 0 Å². The number of pyridine rings is 1. The van der Waals surface area contributed by atoms with Crippen molar-refractivity contribution >= 4 is 32.8 Å². The smallest absolute Gasteiger partial charge is 0.258 e. The van der Waals surface area contributed by atoms with Crippen LogP contribution in [0.2, 0.25) is 0 Å². The summed E-state index contributed by atoms with van der Waals surface area (Å²) in [6.45, 7) is 0. The first kappa shape index (κ1) is 14.3. The maximum atomic E-state index is 11.9. The molecule has 2 aromatic heterocycles. The van der Waals surface area contributed by atoms with Crippen molar-refractivity contribution in [3.63, 3.8) is 0 Å². The third-order valence-corrected chi connectivity index (χ3v) is 4.63. The molecule has 4 rings (SSSR count). The highest BCUT2D eigenvalue weighted by molar-refractivity contribution is 7.93. The Kier molecular flexibility index (Phi) is 3.22. The Morgan fingerprint density at radius 2 is 2.12 bits per heavy atom. The number of nitrogens with one attached hydrogen (secondary N) is 1.